The summed E-state index contributed by atoms with van der Waals surface area (Å²) in [6, 6.07) is 5.75. The Bertz CT molecular complexity index is 832. The lowest BCUT2D eigenvalue weighted by atomic mass is 9.74. The van der Waals surface area contributed by atoms with Crippen LogP contribution in [0.1, 0.15) is 31.2 Å². The van der Waals surface area contributed by atoms with Crippen LogP contribution in [0.4, 0.5) is 0 Å². The number of aromatic nitrogens is 3. The zero-order chi connectivity index (χ0) is 20.7. The molecule has 0 radical (unpaired) electrons. The second-order valence-electron chi connectivity index (χ2n) is 7.16. The first-order valence-electron chi connectivity index (χ1n) is 9.92. The van der Waals surface area contributed by atoms with Crippen LogP contribution in [0.2, 0.25) is 10.0 Å². The van der Waals surface area contributed by atoms with E-state index in [2.05, 4.69) is 32.7 Å². The molecule has 1 aromatic carbocycles. The van der Waals surface area contributed by atoms with Crippen molar-refractivity contribution >= 4 is 29.2 Å². The molecule has 1 fully saturated rings. The average Bonchev–Trinajstić information content (AvgIpc) is 3.18. The van der Waals surface area contributed by atoms with E-state index in [4.69, 9.17) is 27.9 Å². The van der Waals surface area contributed by atoms with Crippen molar-refractivity contribution in [1.29, 1.82) is 0 Å². The maximum atomic E-state index is 6.56. The number of guanidine groups is 1. The summed E-state index contributed by atoms with van der Waals surface area (Å²) < 4.78 is 7.66. The first kappa shape index (κ1) is 21.9. The molecule has 0 saturated carbocycles. The highest BCUT2D eigenvalue weighted by molar-refractivity contribution is 6.35. The molecule has 1 aliphatic heterocycles. The summed E-state index contributed by atoms with van der Waals surface area (Å²) in [6.45, 7) is 5.70. The third-order valence-corrected chi connectivity index (χ3v) is 5.98. The Morgan fingerprint density at radius 2 is 2.07 bits per heavy atom. The molecule has 0 amide bonds. The molecule has 3 rings (SSSR count). The van der Waals surface area contributed by atoms with Gasteiger partial charge in [-0.25, -0.2) is 0 Å². The summed E-state index contributed by atoms with van der Waals surface area (Å²) in [5.74, 6) is 1.74. The Kier molecular flexibility index (Phi) is 7.75. The smallest absolute Gasteiger partial charge is 0.191 e. The number of nitrogens with one attached hydrogen (secondary N) is 2. The number of hydrogen-bond donors (Lipinski definition) is 2. The number of halogens is 2. The summed E-state index contributed by atoms with van der Waals surface area (Å²) >= 11 is 12.7. The molecule has 2 N–H and O–H groups in total. The molecular weight excluding hydrogens is 411 g/mol. The molecule has 1 aromatic heterocycles. The van der Waals surface area contributed by atoms with Gasteiger partial charge >= 0.3 is 0 Å². The molecule has 2 aromatic rings. The van der Waals surface area contributed by atoms with Gasteiger partial charge in [0.05, 0.1) is 0 Å². The van der Waals surface area contributed by atoms with Crippen molar-refractivity contribution in [3.05, 3.63) is 46.0 Å². The van der Waals surface area contributed by atoms with Crippen LogP contribution in [0.25, 0.3) is 0 Å². The van der Waals surface area contributed by atoms with Gasteiger partial charge < -0.3 is 19.9 Å². The van der Waals surface area contributed by atoms with Crippen LogP contribution in [-0.4, -0.2) is 54.1 Å². The molecule has 158 valence electrons. The topological polar surface area (TPSA) is 76.4 Å². The Morgan fingerprint density at radius 3 is 2.76 bits per heavy atom. The van der Waals surface area contributed by atoms with Gasteiger partial charge in [-0.3, -0.25) is 4.99 Å². The van der Waals surface area contributed by atoms with Crippen molar-refractivity contribution in [3.8, 4) is 0 Å². The minimum absolute atomic E-state index is 0.124. The van der Waals surface area contributed by atoms with E-state index < -0.39 is 0 Å². The predicted molar refractivity (Wildman–Crippen MR) is 117 cm³/mol. The molecule has 7 nitrogen and oxygen atoms in total. The maximum Gasteiger partial charge on any atom is 0.191 e. The van der Waals surface area contributed by atoms with Crippen molar-refractivity contribution in [1.82, 2.24) is 25.4 Å². The van der Waals surface area contributed by atoms with E-state index in [9.17, 15) is 0 Å². The van der Waals surface area contributed by atoms with E-state index in [1.165, 1.54) is 0 Å². The number of rotatable bonds is 7. The van der Waals surface area contributed by atoms with Gasteiger partial charge in [0.2, 0.25) is 0 Å². The van der Waals surface area contributed by atoms with E-state index in [0.29, 0.717) is 29.8 Å². The monoisotopic (exact) mass is 438 g/mol. The Morgan fingerprint density at radius 1 is 1.28 bits per heavy atom. The Labute approximate surface area is 181 Å². The molecule has 1 aliphatic rings. The molecular formula is C20H28Cl2N6O. The average molecular weight is 439 g/mol. The van der Waals surface area contributed by atoms with Gasteiger partial charge in [-0.15, -0.1) is 10.2 Å². The lowest BCUT2D eigenvalue weighted by molar-refractivity contribution is 0.0514. The Balaban J connectivity index is 1.63. The van der Waals surface area contributed by atoms with E-state index >= 15 is 0 Å². The summed E-state index contributed by atoms with van der Waals surface area (Å²) in [4.78, 5) is 4.36. The summed E-state index contributed by atoms with van der Waals surface area (Å²) in [5, 5.41) is 16.3. The van der Waals surface area contributed by atoms with Gasteiger partial charge in [0.25, 0.3) is 0 Å². The first-order chi connectivity index (χ1) is 14.1. The molecule has 29 heavy (non-hydrogen) atoms. The van der Waals surface area contributed by atoms with Crippen LogP contribution < -0.4 is 10.6 Å². The van der Waals surface area contributed by atoms with Crippen molar-refractivity contribution in [3.63, 3.8) is 0 Å². The van der Waals surface area contributed by atoms with Gasteiger partial charge in [-0.05, 0) is 30.5 Å². The number of nitrogens with zero attached hydrogens (tertiary/aromatic N) is 4. The summed E-state index contributed by atoms with van der Waals surface area (Å²) in [5.41, 5.74) is 0.980. The SMILES string of the molecule is CCc1nncn1CCNC(=NC)NCC1(c2ccc(Cl)cc2Cl)CCOCC1. The van der Waals surface area contributed by atoms with Gasteiger partial charge in [0.15, 0.2) is 5.96 Å². The van der Waals surface area contributed by atoms with Crippen molar-refractivity contribution in [2.24, 2.45) is 4.99 Å². The fourth-order valence-corrected chi connectivity index (χ4v) is 4.34. The predicted octanol–water partition coefficient (Wildman–Crippen LogP) is 3.06. The number of aliphatic imine (C=N–C) groups is 1. The van der Waals surface area contributed by atoms with E-state index in [1.807, 2.05) is 22.8 Å². The fraction of sp³-hybridized carbons (Fsp3) is 0.550. The van der Waals surface area contributed by atoms with Crippen molar-refractivity contribution in [2.45, 2.75) is 38.1 Å². The third kappa shape index (κ3) is 5.41. The van der Waals surface area contributed by atoms with Gasteiger partial charge in [0, 0.05) is 61.8 Å². The molecule has 9 heteroatoms. The number of hydrogen-bond acceptors (Lipinski definition) is 4. The maximum absolute atomic E-state index is 6.56. The summed E-state index contributed by atoms with van der Waals surface area (Å²) in [6.07, 6.45) is 4.40. The van der Waals surface area contributed by atoms with Crippen LogP contribution >= 0.6 is 23.2 Å². The number of ether oxygens (including phenoxy) is 1. The molecule has 0 aliphatic carbocycles. The van der Waals surface area contributed by atoms with Crippen molar-refractivity contribution in [2.75, 3.05) is 33.4 Å². The number of aryl methyl sites for hydroxylation is 1. The van der Waals surface area contributed by atoms with E-state index in [0.717, 1.165) is 49.7 Å². The molecule has 0 spiro atoms. The van der Waals surface area contributed by atoms with E-state index in [-0.39, 0.29) is 5.41 Å². The van der Waals surface area contributed by atoms with Gasteiger partial charge in [0.1, 0.15) is 12.2 Å². The second kappa shape index (κ2) is 10.3. The first-order valence-corrected chi connectivity index (χ1v) is 10.7. The highest BCUT2D eigenvalue weighted by atomic mass is 35.5. The van der Waals surface area contributed by atoms with Crippen LogP contribution in [-0.2, 0) is 23.1 Å². The van der Waals surface area contributed by atoms with Crippen molar-refractivity contribution < 1.29 is 4.74 Å². The van der Waals surface area contributed by atoms with Crippen LogP contribution in [0, 0.1) is 0 Å². The zero-order valence-electron chi connectivity index (χ0n) is 16.9. The van der Waals surface area contributed by atoms with E-state index in [1.54, 1.807) is 13.4 Å². The second-order valence-corrected chi connectivity index (χ2v) is 8.01. The standard InChI is InChI=1S/C20H28Cl2N6O/c1-3-18-27-26-14-28(18)9-8-24-19(23-2)25-13-20(6-10-29-11-7-20)16-5-4-15(21)12-17(16)22/h4-5,12,14H,3,6-11,13H2,1-2H3,(H2,23,24,25). The van der Waals surface area contributed by atoms with Crippen LogP contribution in [0.3, 0.4) is 0 Å². The lowest BCUT2D eigenvalue weighted by Crippen LogP contribution is -2.48. The highest BCUT2D eigenvalue weighted by Crippen LogP contribution is 2.39. The third-order valence-electron chi connectivity index (χ3n) is 5.43. The Hall–Kier alpha value is -1.83. The van der Waals surface area contributed by atoms with Gasteiger partial charge in [-0.1, -0.05) is 36.2 Å². The number of benzene rings is 1. The van der Waals surface area contributed by atoms with Gasteiger partial charge in [-0.2, -0.15) is 0 Å². The molecule has 0 atom stereocenters. The van der Waals surface area contributed by atoms with Crippen LogP contribution in [0.5, 0.6) is 0 Å². The molecule has 0 unspecified atom stereocenters. The minimum atomic E-state index is -0.124. The van der Waals surface area contributed by atoms with Crippen LogP contribution in [0.15, 0.2) is 29.5 Å². The lowest BCUT2D eigenvalue weighted by Gasteiger charge is -2.39. The quantitative estimate of drug-likeness (QED) is 0.512. The highest BCUT2D eigenvalue weighted by Gasteiger charge is 2.36. The molecule has 1 saturated heterocycles. The minimum Gasteiger partial charge on any atom is -0.381 e. The molecule has 2 heterocycles. The summed E-state index contributed by atoms with van der Waals surface area (Å²) in [7, 11) is 1.78. The molecule has 0 bridgehead atoms. The largest absolute Gasteiger partial charge is 0.381 e. The zero-order valence-corrected chi connectivity index (χ0v) is 18.4. The normalized spacial score (nSPS) is 16.6. The fourth-order valence-electron chi connectivity index (χ4n) is 3.73.